The number of rotatable bonds is 1. The topological polar surface area (TPSA) is 39.9 Å². The third-order valence-corrected chi connectivity index (χ3v) is 3.51. The van der Waals surface area contributed by atoms with Crippen molar-refractivity contribution in [1.29, 1.82) is 0 Å². The van der Waals surface area contributed by atoms with E-state index in [9.17, 15) is 0 Å². The molecule has 0 radical (unpaired) electrons. The number of hydrogen-bond donors (Lipinski definition) is 0. The van der Waals surface area contributed by atoms with E-state index in [4.69, 9.17) is 4.74 Å². The first kappa shape index (κ1) is 10.2. The molecular weight excluding hydrogens is 270 g/mol. The van der Waals surface area contributed by atoms with Crippen LogP contribution in [-0.2, 0) is 4.74 Å². The lowest BCUT2D eigenvalue weighted by atomic mass is 10.2. The van der Waals surface area contributed by atoms with Crippen molar-refractivity contribution in [2.45, 2.75) is 25.5 Å². The van der Waals surface area contributed by atoms with Crippen molar-refractivity contribution >= 4 is 27.0 Å². The third kappa shape index (κ3) is 1.64. The molecular formula is C11H12BrN3O. The van der Waals surface area contributed by atoms with Crippen molar-refractivity contribution < 1.29 is 4.74 Å². The summed E-state index contributed by atoms with van der Waals surface area (Å²) in [5.74, 6) is 0. The Hall–Kier alpha value is -0.940. The van der Waals surface area contributed by atoms with Gasteiger partial charge in [-0.1, -0.05) is 0 Å². The van der Waals surface area contributed by atoms with Crippen LogP contribution in [0.3, 0.4) is 0 Å². The monoisotopic (exact) mass is 281 g/mol. The van der Waals surface area contributed by atoms with Crippen LogP contribution in [0, 0.1) is 0 Å². The Balaban J connectivity index is 2.09. The van der Waals surface area contributed by atoms with Gasteiger partial charge in [-0.25, -0.2) is 4.68 Å². The molecule has 0 N–H and O–H groups in total. The molecule has 1 saturated heterocycles. The van der Waals surface area contributed by atoms with E-state index in [2.05, 4.69) is 26.0 Å². The Morgan fingerprint density at radius 3 is 3.19 bits per heavy atom. The molecule has 0 spiro atoms. The number of aromatic nitrogens is 3. The highest BCUT2D eigenvalue weighted by Crippen LogP contribution is 2.29. The number of halogens is 1. The second kappa shape index (κ2) is 4.14. The van der Waals surface area contributed by atoms with Crippen LogP contribution in [0.25, 0.3) is 11.0 Å². The van der Waals surface area contributed by atoms with Gasteiger partial charge in [-0.05, 0) is 41.3 Å². The number of hydrogen-bond acceptors (Lipinski definition) is 3. The van der Waals surface area contributed by atoms with Gasteiger partial charge in [0.05, 0.1) is 6.20 Å². The molecule has 2 aromatic rings. The van der Waals surface area contributed by atoms with Gasteiger partial charge < -0.3 is 4.74 Å². The van der Waals surface area contributed by atoms with Crippen LogP contribution >= 0.6 is 15.9 Å². The quantitative estimate of drug-likeness (QED) is 0.807. The molecule has 1 aliphatic heterocycles. The average molecular weight is 282 g/mol. The summed E-state index contributed by atoms with van der Waals surface area (Å²) in [6, 6.07) is 1.93. The second-order valence-corrected chi connectivity index (χ2v) is 4.79. The third-order valence-electron chi connectivity index (χ3n) is 2.87. The minimum absolute atomic E-state index is 0.0618. The molecule has 84 valence electrons. The van der Waals surface area contributed by atoms with Crippen LogP contribution < -0.4 is 0 Å². The zero-order valence-electron chi connectivity index (χ0n) is 8.77. The molecule has 0 amide bonds. The predicted molar refractivity (Wildman–Crippen MR) is 64.1 cm³/mol. The van der Waals surface area contributed by atoms with Crippen LogP contribution in [0.15, 0.2) is 22.9 Å². The Bertz CT molecular complexity index is 505. The van der Waals surface area contributed by atoms with E-state index in [0.717, 1.165) is 35.0 Å². The first-order chi connectivity index (χ1) is 7.86. The van der Waals surface area contributed by atoms with Crippen molar-refractivity contribution in [3.8, 4) is 0 Å². The predicted octanol–water partition coefficient (Wildman–Crippen LogP) is 2.89. The maximum absolute atomic E-state index is 5.74. The SMILES string of the molecule is Brc1ccnc2cnn(C3CCCCO3)c12. The maximum atomic E-state index is 5.74. The van der Waals surface area contributed by atoms with E-state index in [-0.39, 0.29) is 6.23 Å². The molecule has 3 heterocycles. The van der Waals surface area contributed by atoms with Crippen LogP contribution in [0.5, 0.6) is 0 Å². The maximum Gasteiger partial charge on any atom is 0.150 e. The standard InChI is InChI=1S/C11H12BrN3O/c12-8-4-5-13-9-7-14-15(11(8)9)10-3-1-2-6-16-10/h4-5,7,10H,1-3,6H2. The van der Waals surface area contributed by atoms with Crippen molar-refractivity contribution in [3.63, 3.8) is 0 Å². The van der Waals surface area contributed by atoms with Gasteiger partial charge in [-0.3, -0.25) is 4.98 Å². The minimum atomic E-state index is 0.0618. The van der Waals surface area contributed by atoms with Crippen LogP contribution in [0.1, 0.15) is 25.5 Å². The highest BCUT2D eigenvalue weighted by Gasteiger charge is 2.19. The zero-order valence-corrected chi connectivity index (χ0v) is 10.4. The average Bonchev–Trinajstić information content (AvgIpc) is 2.75. The number of fused-ring (bicyclic) bond motifs is 1. The lowest BCUT2D eigenvalue weighted by Gasteiger charge is -2.23. The van der Waals surface area contributed by atoms with Gasteiger partial charge >= 0.3 is 0 Å². The minimum Gasteiger partial charge on any atom is -0.356 e. The molecule has 0 aliphatic carbocycles. The van der Waals surface area contributed by atoms with Crippen molar-refractivity contribution in [1.82, 2.24) is 14.8 Å². The lowest BCUT2D eigenvalue weighted by molar-refractivity contribution is -0.0367. The fourth-order valence-corrected chi connectivity index (χ4v) is 2.58. The Morgan fingerprint density at radius 2 is 2.38 bits per heavy atom. The molecule has 3 rings (SSSR count). The normalized spacial score (nSPS) is 21.4. The number of ether oxygens (including phenoxy) is 1. The summed E-state index contributed by atoms with van der Waals surface area (Å²) in [6.07, 6.45) is 7.00. The van der Waals surface area contributed by atoms with Crippen LogP contribution in [-0.4, -0.2) is 21.4 Å². The molecule has 5 heteroatoms. The van der Waals surface area contributed by atoms with Crippen LogP contribution in [0.4, 0.5) is 0 Å². The van der Waals surface area contributed by atoms with Gasteiger partial charge in [0, 0.05) is 17.3 Å². The molecule has 16 heavy (non-hydrogen) atoms. The molecule has 4 nitrogen and oxygen atoms in total. The first-order valence-corrected chi connectivity index (χ1v) is 6.25. The van der Waals surface area contributed by atoms with Gasteiger partial charge in [0.2, 0.25) is 0 Å². The highest BCUT2D eigenvalue weighted by atomic mass is 79.9. The van der Waals surface area contributed by atoms with Gasteiger partial charge in [0.25, 0.3) is 0 Å². The molecule has 1 unspecified atom stereocenters. The number of nitrogens with zero attached hydrogens (tertiary/aromatic N) is 3. The Labute approximate surface area is 102 Å². The van der Waals surface area contributed by atoms with Crippen molar-refractivity contribution in [3.05, 3.63) is 22.9 Å². The number of pyridine rings is 1. The van der Waals surface area contributed by atoms with Crippen LogP contribution in [0.2, 0.25) is 0 Å². The largest absolute Gasteiger partial charge is 0.356 e. The molecule has 1 aliphatic rings. The summed E-state index contributed by atoms with van der Waals surface area (Å²) in [5, 5.41) is 4.38. The Kier molecular flexibility index (Phi) is 2.65. The van der Waals surface area contributed by atoms with Gasteiger partial charge in [-0.15, -0.1) is 0 Å². The lowest BCUT2D eigenvalue weighted by Crippen LogP contribution is -2.19. The summed E-state index contributed by atoms with van der Waals surface area (Å²) in [5.41, 5.74) is 1.93. The Morgan fingerprint density at radius 1 is 1.44 bits per heavy atom. The zero-order chi connectivity index (χ0) is 11.0. The van der Waals surface area contributed by atoms with E-state index in [1.54, 1.807) is 12.4 Å². The smallest absolute Gasteiger partial charge is 0.150 e. The van der Waals surface area contributed by atoms with E-state index in [1.807, 2.05) is 10.7 Å². The fourth-order valence-electron chi connectivity index (χ4n) is 2.08. The first-order valence-electron chi connectivity index (χ1n) is 5.45. The van der Waals surface area contributed by atoms with E-state index >= 15 is 0 Å². The summed E-state index contributed by atoms with van der Waals surface area (Å²) in [4.78, 5) is 4.29. The fraction of sp³-hybridized carbons (Fsp3) is 0.455. The van der Waals surface area contributed by atoms with E-state index < -0.39 is 0 Å². The van der Waals surface area contributed by atoms with Gasteiger partial charge in [-0.2, -0.15) is 5.10 Å². The van der Waals surface area contributed by atoms with Crippen molar-refractivity contribution in [2.24, 2.45) is 0 Å². The van der Waals surface area contributed by atoms with E-state index in [1.165, 1.54) is 6.42 Å². The second-order valence-electron chi connectivity index (χ2n) is 3.94. The summed E-state index contributed by atoms with van der Waals surface area (Å²) < 4.78 is 8.69. The van der Waals surface area contributed by atoms with Gasteiger partial charge in [0.1, 0.15) is 11.0 Å². The molecule has 2 aromatic heterocycles. The van der Waals surface area contributed by atoms with Crippen molar-refractivity contribution in [2.75, 3.05) is 6.61 Å². The molecule has 1 fully saturated rings. The molecule has 0 bridgehead atoms. The van der Waals surface area contributed by atoms with E-state index in [0.29, 0.717) is 0 Å². The summed E-state index contributed by atoms with van der Waals surface area (Å²) in [7, 11) is 0. The highest BCUT2D eigenvalue weighted by molar-refractivity contribution is 9.10. The molecule has 0 aromatic carbocycles. The van der Waals surface area contributed by atoms with Gasteiger partial charge in [0.15, 0.2) is 6.23 Å². The molecule has 0 saturated carbocycles. The summed E-state index contributed by atoms with van der Waals surface area (Å²) in [6.45, 7) is 0.823. The molecule has 1 atom stereocenters. The summed E-state index contributed by atoms with van der Waals surface area (Å²) >= 11 is 3.54.